The number of hydrogen-bond acceptors (Lipinski definition) is 2. The maximum Gasteiger partial charge on any atom is 0.150 e. The Morgan fingerprint density at radius 2 is 1.85 bits per heavy atom. The number of sulfone groups is 1. The van der Waals surface area contributed by atoms with E-state index in [2.05, 4.69) is 0 Å². The van der Waals surface area contributed by atoms with Crippen LogP contribution in [0.3, 0.4) is 0 Å². The molecule has 0 heterocycles. The summed E-state index contributed by atoms with van der Waals surface area (Å²) < 4.78 is 22.2. The van der Waals surface area contributed by atoms with Crippen molar-refractivity contribution in [1.29, 1.82) is 0 Å². The summed E-state index contributed by atoms with van der Waals surface area (Å²) in [7, 11) is -2.77. The van der Waals surface area contributed by atoms with E-state index in [-0.39, 0.29) is 11.1 Å². The SMILES string of the molecule is CCC(Cl)CCCCS(=O)(=O)CC. The van der Waals surface area contributed by atoms with E-state index in [0.717, 1.165) is 25.7 Å². The molecule has 1 unspecified atom stereocenters. The number of hydrogen-bond donors (Lipinski definition) is 0. The molecule has 0 aliphatic heterocycles. The zero-order valence-corrected chi connectivity index (χ0v) is 10.00. The summed E-state index contributed by atoms with van der Waals surface area (Å²) in [5.41, 5.74) is 0. The second kappa shape index (κ2) is 6.66. The maximum absolute atomic E-state index is 11.1. The summed E-state index contributed by atoms with van der Waals surface area (Å²) in [4.78, 5) is 0. The molecule has 0 aliphatic rings. The van der Waals surface area contributed by atoms with Crippen molar-refractivity contribution in [1.82, 2.24) is 0 Å². The fourth-order valence-corrected chi connectivity index (χ4v) is 2.12. The van der Waals surface area contributed by atoms with E-state index < -0.39 is 9.84 Å². The van der Waals surface area contributed by atoms with Gasteiger partial charge in [0.05, 0.1) is 5.75 Å². The van der Waals surface area contributed by atoms with Crippen molar-refractivity contribution in [2.45, 2.75) is 44.9 Å². The Morgan fingerprint density at radius 1 is 1.23 bits per heavy atom. The monoisotopic (exact) mass is 226 g/mol. The molecule has 0 aromatic heterocycles. The van der Waals surface area contributed by atoms with Crippen molar-refractivity contribution in [2.75, 3.05) is 11.5 Å². The molecule has 0 aliphatic carbocycles. The molecular formula is C9H19ClO2S. The van der Waals surface area contributed by atoms with Gasteiger partial charge in [0.25, 0.3) is 0 Å². The van der Waals surface area contributed by atoms with Crippen LogP contribution in [0.15, 0.2) is 0 Å². The van der Waals surface area contributed by atoms with E-state index in [4.69, 9.17) is 11.6 Å². The van der Waals surface area contributed by atoms with Crippen LogP contribution < -0.4 is 0 Å². The summed E-state index contributed by atoms with van der Waals surface area (Å²) in [6.45, 7) is 3.73. The lowest BCUT2D eigenvalue weighted by Gasteiger charge is -2.05. The third-order valence-corrected chi connectivity index (χ3v) is 4.42. The molecule has 4 heteroatoms. The molecule has 0 saturated heterocycles. The Bertz CT molecular complexity index is 212. The predicted octanol–water partition coefficient (Wildman–Crippen LogP) is 2.61. The van der Waals surface area contributed by atoms with Gasteiger partial charge >= 0.3 is 0 Å². The third-order valence-electron chi connectivity index (χ3n) is 2.11. The van der Waals surface area contributed by atoms with Crippen LogP contribution in [0.4, 0.5) is 0 Å². The average Bonchev–Trinajstić information content (AvgIpc) is 2.12. The highest BCUT2D eigenvalue weighted by molar-refractivity contribution is 7.91. The fraction of sp³-hybridized carbons (Fsp3) is 1.00. The van der Waals surface area contributed by atoms with Crippen LogP contribution in [0, 0.1) is 0 Å². The molecule has 0 aromatic carbocycles. The molecule has 0 rings (SSSR count). The van der Waals surface area contributed by atoms with Crippen LogP contribution in [-0.4, -0.2) is 25.3 Å². The summed E-state index contributed by atoms with van der Waals surface area (Å²) in [6.07, 6.45) is 3.56. The molecule has 0 bridgehead atoms. The van der Waals surface area contributed by atoms with Crippen molar-refractivity contribution < 1.29 is 8.42 Å². The van der Waals surface area contributed by atoms with Gasteiger partial charge in [0.2, 0.25) is 0 Å². The topological polar surface area (TPSA) is 34.1 Å². The first kappa shape index (κ1) is 13.2. The Labute approximate surface area is 86.6 Å². The van der Waals surface area contributed by atoms with Crippen molar-refractivity contribution in [2.24, 2.45) is 0 Å². The molecular weight excluding hydrogens is 208 g/mol. The second-order valence-electron chi connectivity index (χ2n) is 3.24. The number of halogens is 1. The molecule has 0 N–H and O–H groups in total. The largest absolute Gasteiger partial charge is 0.229 e. The summed E-state index contributed by atoms with van der Waals surface area (Å²) >= 11 is 5.90. The molecule has 2 nitrogen and oxygen atoms in total. The molecule has 0 radical (unpaired) electrons. The molecule has 1 atom stereocenters. The standard InChI is InChI=1S/C9H19ClO2S/c1-3-9(10)7-5-6-8-13(11,12)4-2/h9H,3-8H2,1-2H3. The molecule has 13 heavy (non-hydrogen) atoms. The first-order chi connectivity index (χ1) is 6.02. The summed E-state index contributed by atoms with van der Waals surface area (Å²) in [5.74, 6) is 0.571. The normalized spacial score (nSPS) is 14.4. The second-order valence-corrected chi connectivity index (χ2v) is 6.33. The van der Waals surface area contributed by atoms with Crippen LogP contribution in [0.5, 0.6) is 0 Å². The average molecular weight is 227 g/mol. The van der Waals surface area contributed by atoms with E-state index in [1.807, 2.05) is 6.92 Å². The highest BCUT2D eigenvalue weighted by Gasteiger charge is 2.07. The minimum absolute atomic E-state index is 0.212. The van der Waals surface area contributed by atoms with Gasteiger partial charge in [0.15, 0.2) is 0 Å². The first-order valence-corrected chi connectivity index (χ1v) is 7.12. The first-order valence-electron chi connectivity index (χ1n) is 4.86. The molecule has 0 spiro atoms. The quantitative estimate of drug-likeness (QED) is 0.494. The maximum atomic E-state index is 11.1. The van der Waals surface area contributed by atoms with Crippen molar-refractivity contribution in [3.8, 4) is 0 Å². The van der Waals surface area contributed by atoms with E-state index in [0.29, 0.717) is 5.75 Å². The van der Waals surface area contributed by atoms with Gasteiger partial charge in [-0.25, -0.2) is 8.42 Å². The Hall–Kier alpha value is 0.240. The molecule has 0 amide bonds. The minimum Gasteiger partial charge on any atom is -0.229 e. The highest BCUT2D eigenvalue weighted by Crippen LogP contribution is 2.11. The van der Waals surface area contributed by atoms with E-state index in [1.165, 1.54) is 0 Å². The number of unbranched alkanes of at least 4 members (excludes halogenated alkanes) is 1. The van der Waals surface area contributed by atoms with Gasteiger partial charge in [-0.15, -0.1) is 11.6 Å². The Kier molecular flexibility index (Phi) is 6.78. The van der Waals surface area contributed by atoms with Crippen LogP contribution in [-0.2, 0) is 9.84 Å². The highest BCUT2D eigenvalue weighted by atomic mass is 35.5. The lowest BCUT2D eigenvalue weighted by atomic mass is 10.2. The number of alkyl halides is 1. The predicted molar refractivity (Wildman–Crippen MR) is 58.1 cm³/mol. The van der Waals surface area contributed by atoms with Crippen molar-refractivity contribution >= 4 is 21.4 Å². The lowest BCUT2D eigenvalue weighted by molar-refractivity contribution is 0.588. The zero-order chi connectivity index (χ0) is 10.3. The van der Waals surface area contributed by atoms with E-state index >= 15 is 0 Å². The van der Waals surface area contributed by atoms with Gasteiger partial charge in [-0.05, 0) is 19.3 Å². The molecule has 0 fully saturated rings. The lowest BCUT2D eigenvalue weighted by Crippen LogP contribution is -2.09. The van der Waals surface area contributed by atoms with Gasteiger partial charge in [0.1, 0.15) is 9.84 Å². The van der Waals surface area contributed by atoms with Gasteiger partial charge in [-0.1, -0.05) is 20.3 Å². The van der Waals surface area contributed by atoms with Crippen LogP contribution in [0.2, 0.25) is 0 Å². The summed E-state index contributed by atoms with van der Waals surface area (Å²) in [5, 5.41) is 0.212. The van der Waals surface area contributed by atoms with Gasteiger partial charge in [-0.2, -0.15) is 0 Å². The fourth-order valence-electron chi connectivity index (χ4n) is 1.04. The van der Waals surface area contributed by atoms with Crippen LogP contribution in [0.25, 0.3) is 0 Å². The van der Waals surface area contributed by atoms with Gasteiger partial charge < -0.3 is 0 Å². The Morgan fingerprint density at radius 3 is 2.31 bits per heavy atom. The van der Waals surface area contributed by atoms with Gasteiger partial charge in [-0.3, -0.25) is 0 Å². The number of rotatable bonds is 7. The molecule has 80 valence electrons. The molecule has 0 saturated carbocycles. The smallest absolute Gasteiger partial charge is 0.150 e. The van der Waals surface area contributed by atoms with Gasteiger partial charge in [0, 0.05) is 11.1 Å². The van der Waals surface area contributed by atoms with Crippen LogP contribution in [0.1, 0.15) is 39.5 Å². The van der Waals surface area contributed by atoms with E-state index in [9.17, 15) is 8.42 Å². The van der Waals surface area contributed by atoms with Crippen LogP contribution >= 0.6 is 11.6 Å². The van der Waals surface area contributed by atoms with E-state index in [1.54, 1.807) is 6.92 Å². The van der Waals surface area contributed by atoms with Crippen molar-refractivity contribution in [3.63, 3.8) is 0 Å². The third kappa shape index (κ3) is 7.32. The Balaban J connectivity index is 3.47. The van der Waals surface area contributed by atoms with Crippen molar-refractivity contribution in [3.05, 3.63) is 0 Å². The molecule has 0 aromatic rings. The minimum atomic E-state index is -2.77. The zero-order valence-electron chi connectivity index (χ0n) is 8.42. The summed E-state index contributed by atoms with van der Waals surface area (Å²) in [6, 6.07) is 0.